The largest absolute Gasteiger partial charge is 0.493 e. The summed E-state index contributed by atoms with van der Waals surface area (Å²) >= 11 is 0. The van der Waals surface area contributed by atoms with Crippen LogP contribution in [-0.4, -0.2) is 49.1 Å². The first-order chi connectivity index (χ1) is 13.2. The molecule has 1 unspecified atom stereocenters. The number of nitrogens with zero attached hydrogens (tertiary/aromatic N) is 4. The van der Waals surface area contributed by atoms with Gasteiger partial charge in [-0.1, -0.05) is 6.92 Å². The van der Waals surface area contributed by atoms with Crippen LogP contribution in [0.5, 0.6) is 17.2 Å². The van der Waals surface area contributed by atoms with E-state index in [9.17, 15) is 0 Å². The van der Waals surface area contributed by atoms with Crippen LogP contribution < -0.4 is 24.4 Å². The first kappa shape index (κ1) is 19.0. The lowest BCUT2D eigenvalue weighted by molar-refractivity contribution is 0.324. The Labute approximate surface area is 159 Å². The van der Waals surface area contributed by atoms with Crippen molar-refractivity contribution >= 4 is 17.5 Å². The zero-order valence-corrected chi connectivity index (χ0v) is 16.4. The maximum atomic E-state index is 5.40. The predicted molar refractivity (Wildman–Crippen MR) is 104 cm³/mol. The van der Waals surface area contributed by atoms with Gasteiger partial charge in [0.25, 0.3) is 0 Å². The van der Waals surface area contributed by atoms with Crippen molar-refractivity contribution in [1.82, 2.24) is 15.2 Å². The summed E-state index contributed by atoms with van der Waals surface area (Å²) < 4.78 is 16.2. The molecule has 1 aliphatic rings. The van der Waals surface area contributed by atoms with Crippen LogP contribution in [0.2, 0.25) is 0 Å². The van der Waals surface area contributed by atoms with Gasteiger partial charge in [0.15, 0.2) is 17.3 Å². The van der Waals surface area contributed by atoms with Gasteiger partial charge < -0.3 is 24.4 Å². The number of benzene rings is 1. The van der Waals surface area contributed by atoms with Crippen LogP contribution in [0.25, 0.3) is 0 Å². The summed E-state index contributed by atoms with van der Waals surface area (Å²) in [6.45, 7) is 3.17. The highest BCUT2D eigenvalue weighted by Gasteiger charge is 2.23. The van der Waals surface area contributed by atoms with Gasteiger partial charge in [0.05, 0.1) is 27.5 Å². The average molecular weight is 373 g/mol. The minimum atomic E-state index is 0.469. The second kappa shape index (κ2) is 8.75. The van der Waals surface area contributed by atoms with Crippen LogP contribution in [0.1, 0.15) is 32.6 Å². The minimum absolute atomic E-state index is 0.469. The Balaban J connectivity index is 1.86. The van der Waals surface area contributed by atoms with E-state index < -0.39 is 0 Å². The third-order valence-electron chi connectivity index (χ3n) is 4.84. The first-order valence-electron chi connectivity index (χ1n) is 9.23. The summed E-state index contributed by atoms with van der Waals surface area (Å²) in [7, 11) is 4.76. The number of nitrogens with one attached hydrogen (secondary N) is 1. The minimum Gasteiger partial charge on any atom is -0.493 e. The SMILES string of the molecule is CCC1CCCCN1c1nncc(Nc2cc(OC)c(OC)c(OC)c2)n1. The molecular weight excluding hydrogens is 346 g/mol. The maximum Gasteiger partial charge on any atom is 0.247 e. The lowest BCUT2D eigenvalue weighted by Crippen LogP contribution is -2.40. The zero-order chi connectivity index (χ0) is 19.2. The number of hydrogen-bond donors (Lipinski definition) is 1. The molecule has 8 heteroatoms. The van der Waals surface area contributed by atoms with Gasteiger partial charge in [-0.15, -0.1) is 5.10 Å². The van der Waals surface area contributed by atoms with E-state index in [1.54, 1.807) is 27.5 Å². The van der Waals surface area contributed by atoms with Crippen molar-refractivity contribution in [3.8, 4) is 17.2 Å². The van der Waals surface area contributed by atoms with Crippen molar-refractivity contribution < 1.29 is 14.2 Å². The van der Waals surface area contributed by atoms with Crippen molar-refractivity contribution in [2.45, 2.75) is 38.6 Å². The molecule has 3 rings (SSSR count). The second-order valence-electron chi connectivity index (χ2n) is 6.43. The lowest BCUT2D eigenvalue weighted by atomic mass is 10.0. The Bertz CT molecular complexity index is 746. The molecule has 2 aromatic rings. The third kappa shape index (κ3) is 4.15. The lowest BCUT2D eigenvalue weighted by Gasteiger charge is -2.34. The average Bonchev–Trinajstić information content (AvgIpc) is 2.73. The Kier molecular flexibility index (Phi) is 6.16. The fraction of sp³-hybridized carbons (Fsp3) is 0.526. The normalized spacial score (nSPS) is 16.7. The molecule has 1 aromatic heterocycles. The maximum absolute atomic E-state index is 5.40. The van der Waals surface area contributed by atoms with E-state index in [2.05, 4.69) is 32.3 Å². The molecule has 0 bridgehead atoms. The Morgan fingerprint density at radius 2 is 1.85 bits per heavy atom. The van der Waals surface area contributed by atoms with Gasteiger partial charge in [-0.25, -0.2) is 0 Å². The van der Waals surface area contributed by atoms with Gasteiger partial charge >= 0.3 is 0 Å². The Hall–Kier alpha value is -2.77. The molecule has 0 amide bonds. The van der Waals surface area contributed by atoms with E-state index in [1.807, 2.05) is 12.1 Å². The van der Waals surface area contributed by atoms with Gasteiger partial charge in [0.2, 0.25) is 11.7 Å². The van der Waals surface area contributed by atoms with Crippen LogP contribution >= 0.6 is 0 Å². The number of aromatic nitrogens is 3. The summed E-state index contributed by atoms with van der Waals surface area (Å²) in [6, 6.07) is 4.13. The van der Waals surface area contributed by atoms with Crippen LogP contribution in [0.3, 0.4) is 0 Å². The number of hydrogen-bond acceptors (Lipinski definition) is 8. The molecule has 27 heavy (non-hydrogen) atoms. The van der Waals surface area contributed by atoms with Crippen molar-refractivity contribution in [3.63, 3.8) is 0 Å². The highest BCUT2D eigenvalue weighted by molar-refractivity contribution is 5.66. The molecule has 0 radical (unpaired) electrons. The molecule has 1 atom stereocenters. The van der Waals surface area contributed by atoms with E-state index in [4.69, 9.17) is 14.2 Å². The molecule has 0 aliphatic carbocycles. The van der Waals surface area contributed by atoms with Gasteiger partial charge in [-0.3, -0.25) is 0 Å². The van der Waals surface area contributed by atoms with Gasteiger partial charge in [0.1, 0.15) is 0 Å². The number of ether oxygens (including phenoxy) is 3. The number of rotatable bonds is 7. The van der Waals surface area contributed by atoms with Gasteiger partial charge in [-0.2, -0.15) is 10.1 Å². The fourth-order valence-electron chi connectivity index (χ4n) is 3.47. The standard InChI is InChI=1S/C19H27N5O3/c1-5-14-8-6-7-9-24(14)19-22-17(12-20-23-19)21-13-10-15(25-2)18(27-4)16(11-13)26-3/h10-12,14H,5-9H2,1-4H3,(H,21,22,23). The Morgan fingerprint density at radius 3 is 2.48 bits per heavy atom. The molecule has 1 aromatic carbocycles. The summed E-state index contributed by atoms with van der Waals surface area (Å²) in [6.07, 6.45) is 6.27. The molecule has 2 heterocycles. The smallest absolute Gasteiger partial charge is 0.247 e. The van der Waals surface area contributed by atoms with Crippen molar-refractivity contribution in [2.24, 2.45) is 0 Å². The van der Waals surface area contributed by atoms with Crippen LogP contribution in [0.4, 0.5) is 17.5 Å². The van der Waals surface area contributed by atoms with E-state index in [0.29, 0.717) is 35.1 Å². The molecule has 1 fully saturated rings. The topological polar surface area (TPSA) is 81.6 Å². The van der Waals surface area contributed by atoms with E-state index in [1.165, 1.54) is 12.8 Å². The molecule has 1 N–H and O–H groups in total. The molecule has 1 saturated heterocycles. The van der Waals surface area contributed by atoms with E-state index >= 15 is 0 Å². The van der Waals surface area contributed by atoms with Gasteiger partial charge in [-0.05, 0) is 25.7 Å². The fourth-order valence-corrected chi connectivity index (χ4v) is 3.47. The summed E-state index contributed by atoms with van der Waals surface area (Å²) in [4.78, 5) is 6.93. The number of piperidine rings is 1. The molecule has 0 spiro atoms. The summed E-state index contributed by atoms with van der Waals surface area (Å²) in [5.74, 6) is 2.98. The predicted octanol–water partition coefficient (Wildman–Crippen LogP) is 3.41. The third-order valence-corrected chi connectivity index (χ3v) is 4.84. The van der Waals surface area contributed by atoms with Gasteiger partial charge in [0, 0.05) is 30.4 Å². The molecule has 8 nitrogen and oxygen atoms in total. The molecule has 1 aliphatic heterocycles. The number of anilines is 3. The second-order valence-corrected chi connectivity index (χ2v) is 6.43. The molecule has 0 saturated carbocycles. The van der Waals surface area contributed by atoms with Crippen LogP contribution in [0, 0.1) is 0 Å². The summed E-state index contributed by atoms with van der Waals surface area (Å²) in [5, 5.41) is 11.7. The van der Waals surface area contributed by atoms with Crippen LogP contribution in [-0.2, 0) is 0 Å². The molecule has 146 valence electrons. The summed E-state index contributed by atoms with van der Waals surface area (Å²) in [5.41, 5.74) is 0.765. The number of methoxy groups -OCH3 is 3. The van der Waals surface area contributed by atoms with Crippen molar-refractivity contribution in [1.29, 1.82) is 0 Å². The monoisotopic (exact) mass is 373 g/mol. The van der Waals surface area contributed by atoms with E-state index in [0.717, 1.165) is 25.1 Å². The quantitative estimate of drug-likeness (QED) is 0.791. The zero-order valence-electron chi connectivity index (χ0n) is 16.4. The van der Waals surface area contributed by atoms with Crippen molar-refractivity contribution in [3.05, 3.63) is 18.3 Å². The Morgan fingerprint density at radius 1 is 1.11 bits per heavy atom. The molecular formula is C19H27N5O3. The first-order valence-corrected chi connectivity index (χ1v) is 9.23. The van der Waals surface area contributed by atoms with E-state index in [-0.39, 0.29) is 0 Å². The highest BCUT2D eigenvalue weighted by Crippen LogP contribution is 2.40. The van der Waals surface area contributed by atoms with Crippen LogP contribution in [0.15, 0.2) is 18.3 Å². The highest BCUT2D eigenvalue weighted by atomic mass is 16.5. The van der Waals surface area contributed by atoms with Crippen molar-refractivity contribution in [2.75, 3.05) is 38.1 Å².